The predicted molar refractivity (Wildman–Crippen MR) is 137 cm³/mol. The lowest BCUT2D eigenvalue weighted by atomic mass is 9.96. The quantitative estimate of drug-likeness (QED) is 0.487. The molecular weight excluding hydrogens is 461 g/mol. The van der Waals surface area contributed by atoms with E-state index in [0.717, 1.165) is 37.4 Å². The van der Waals surface area contributed by atoms with Gasteiger partial charge >= 0.3 is 0 Å². The minimum Gasteiger partial charge on any atom is -0.487 e. The van der Waals surface area contributed by atoms with Crippen molar-refractivity contribution in [1.29, 1.82) is 0 Å². The van der Waals surface area contributed by atoms with E-state index in [2.05, 4.69) is 48.9 Å². The Hall–Kier alpha value is -3.23. The van der Waals surface area contributed by atoms with Crippen molar-refractivity contribution in [2.75, 3.05) is 25.0 Å². The lowest BCUT2D eigenvalue weighted by Gasteiger charge is -2.34. The number of fused-ring (bicyclic) bond motifs is 2. The van der Waals surface area contributed by atoms with Crippen LogP contribution in [0.5, 0.6) is 0 Å². The summed E-state index contributed by atoms with van der Waals surface area (Å²) in [4.78, 5) is 23.7. The van der Waals surface area contributed by atoms with E-state index in [1.165, 1.54) is 30.5 Å². The van der Waals surface area contributed by atoms with Gasteiger partial charge in [-0.05, 0) is 69.8 Å². The van der Waals surface area contributed by atoms with Crippen LogP contribution >= 0.6 is 0 Å². The number of halogens is 1. The van der Waals surface area contributed by atoms with E-state index in [1.54, 1.807) is 6.07 Å². The Balaban J connectivity index is 0.000000967. The summed E-state index contributed by atoms with van der Waals surface area (Å²) in [5.74, 6) is 0.480. The number of amides is 2. The van der Waals surface area contributed by atoms with Gasteiger partial charge in [0.05, 0.1) is 17.8 Å². The molecule has 7 nitrogen and oxygen atoms in total. The van der Waals surface area contributed by atoms with Crippen molar-refractivity contribution in [2.24, 2.45) is 11.7 Å². The van der Waals surface area contributed by atoms with Crippen molar-refractivity contribution in [3.8, 4) is 0 Å². The Morgan fingerprint density at radius 1 is 1.22 bits per heavy atom. The number of hydrogen-bond acceptors (Lipinski definition) is 5. The largest absolute Gasteiger partial charge is 0.487 e. The molecular formula is C28H34FN3O4. The van der Waals surface area contributed by atoms with Crippen molar-refractivity contribution in [3.63, 3.8) is 0 Å². The van der Waals surface area contributed by atoms with Crippen LogP contribution in [0.4, 0.5) is 10.1 Å². The summed E-state index contributed by atoms with van der Waals surface area (Å²) in [7, 11) is 0. The average Bonchev–Trinajstić information content (AvgIpc) is 3.37. The second-order valence-corrected chi connectivity index (χ2v) is 10.4. The molecule has 0 aliphatic carbocycles. The topological polar surface area (TPSA) is 93.9 Å². The maximum atomic E-state index is 13.8. The molecule has 1 atom stereocenters. The standard InChI is InChI=1S/C27H31FN2O3.CH3NO/c1-27(2,3)33-15-18-5-4-10-30(14-18)13-17-6-8-21-19(11-17)16-32-25(21)24-22-12-20(28)7-9-23(22)29-26(24)31;2-1-3/h6-9,11-12,18H,4-5,10,13-16H2,1-3H3,(H,29,31);1H,(H2,2,3)/b25-24+;. The fourth-order valence-electron chi connectivity index (χ4n) is 4.94. The fraction of sp³-hybridized carbons (Fsp3) is 0.429. The first-order valence-electron chi connectivity index (χ1n) is 12.3. The summed E-state index contributed by atoms with van der Waals surface area (Å²) in [6, 6.07) is 10.7. The summed E-state index contributed by atoms with van der Waals surface area (Å²) in [5, 5.41) is 2.81. The molecule has 192 valence electrons. The maximum Gasteiger partial charge on any atom is 0.260 e. The number of likely N-dealkylation sites (tertiary alicyclic amines) is 1. The maximum absolute atomic E-state index is 13.8. The third kappa shape index (κ3) is 5.94. The molecule has 8 heteroatoms. The van der Waals surface area contributed by atoms with E-state index in [-0.39, 0.29) is 23.7 Å². The summed E-state index contributed by atoms with van der Waals surface area (Å²) >= 11 is 0. The minimum atomic E-state index is -0.371. The van der Waals surface area contributed by atoms with Crippen LogP contribution in [0, 0.1) is 11.7 Å². The van der Waals surface area contributed by atoms with Crippen LogP contribution in [0.15, 0.2) is 36.4 Å². The van der Waals surface area contributed by atoms with Gasteiger partial charge in [-0.25, -0.2) is 4.39 Å². The van der Waals surface area contributed by atoms with Crippen LogP contribution in [0.2, 0.25) is 0 Å². The third-order valence-corrected chi connectivity index (χ3v) is 6.50. The Morgan fingerprint density at radius 3 is 2.75 bits per heavy atom. The molecule has 0 radical (unpaired) electrons. The van der Waals surface area contributed by atoms with Gasteiger partial charge in [0.1, 0.15) is 18.2 Å². The van der Waals surface area contributed by atoms with Gasteiger partial charge in [0.2, 0.25) is 6.41 Å². The molecule has 3 aliphatic rings. The molecule has 1 saturated heterocycles. The zero-order valence-corrected chi connectivity index (χ0v) is 21.1. The average molecular weight is 496 g/mol. The number of anilines is 1. The molecule has 2 amide bonds. The Labute approximate surface area is 211 Å². The normalized spacial score (nSPS) is 21.1. The highest BCUT2D eigenvalue weighted by atomic mass is 19.1. The number of hydrogen-bond donors (Lipinski definition) is 2. The number of carbonyl (C=O) groups is 2. The van der Waals surface area contributed by atoms with Crippen molar-refractivity contribution in [2.45, 2.75) is 52.4 Å². The second-order valence-electron chi connectivity index (χ2n) is 10.4. The van der Waals surface area contributed by atoms with Gasteiger partial charge in [-0.2, -0.15) is 0 Å². The van der Waals surface area contributed by atoms with Gasteiger partial charge in [-0.3, -0.25) is 14.5 Å². The molecule has 1 fully saturated rings. The molecule has 3 heterocycles. The fourth-order valence-corrected chi connectivity index (χ4v) is 4.94. The number of nitrogens with one attached hydrogen (secondary N) is 1. The van der Waals surface area contributed by atoms with Gasteiger partial charge in [-0.15, -0.1) is 0 Å². The van der Waals surface area contributed by atoms with Gasteiger partial charge in [-0.1, -0.05) is 18.2 Å². The molecule has 0 aromatic heterocycles. The van der Waals surface area contributed by atoms with E-state index in [9.17, 15) is 9.18 Å². The van der Waals surface area contributed by atoms with Crippen molar-refractivity contribution in [1.82, 2.24) is 4.90 Å². The SMILES string of the molecule is CC(C)(C)OCC1CCCN(Cc2ccc3c(c2)CO/C3=C2/C(=O)Nc3ccc(F)cc32)C1.NC=O. The molecule has 0 saturated carbocycles. The lowest BCUT2D eigenvalue weighted by molar-refractivity contribution is -0.111. The highest BCUT2D eigenvalue weighted by Gasteiger charge is 2.33. The molecule has 1 unspecified atom stereocenters. The number of ether oxygens (including phenoxy) is 2. The van der Waals surface area contributed by atoms with Crippen LogP contribution < -0.4 is 11.1 Å². The number of piperidine rings is 1. The Kier molecular flexibility index (Phi) is 7.76. The third-order valence-electron chi connectivity index (χ3n) is 6.50. The molecule has 36 heavy (non-hydrogen) atoms. The number of benzene rings is 2. The van der Waals surface area contributed by atoms with Crippen LogP contribution in [-0.4, -0.2) is 42.5 Å². The highest BCUT2D eigenvalue weighted by molar-refractivity contribution is 6.36. The van der Waals surface area contributed by atoms with E-state index in [1.807, 2.05) is 6.07 Å². The number of nitrogens with two attached hydrogens (primary N) is 1. The van der Waals surface area contributed by atoms with E-state index >= 15 is 0 Å². The second kappa shape index (κ2) is 10.8. The Morgan fingerprint density at radius 2 is 2.00 bits per heavy atom. The van der Waals surface area contributed by atoms with Gasteiger partial charge in [0.25, 0.3) is 5.91 Å². The van der Waals surface area contributed by atoms with Gasteiger partial charge in [0, 0.05) is 35.5 Å². The molecule has 0 bridgehead atoms. The van der Waals surface area contributed by atoms with E-state index in [4.69, 9.17) is 14.3 Å². The summed E-state index contributed by atoms with van der Waals surface area (Å²) < 4.78 is 25.8. The summed E-state index contributed by atoms with van der Waals surface area (Å²) in [5.41, 5.74) is 8.87. The van der Waals surface area contributed by atoms with Crippen LogP contribution in [0.1, 0.15) is 55.9 Å². The molecule has 2 aromatic carbocycles. The van der Waals surface area contributed by atoms with Crippen LogP contribution in [-0.2, 0) is 32.2 Å². The minimum absolute atomic E-state index is 0.100. The van der Waals surface area contributed by atoms with Crippen LogP contribution in [0.3, 0.4) is 0 Å². The highest BCUT2D eigenvalue weighted by Crippen LogP contribution is 2.42. The predicted octanol–water partition coefficient (Wildman–Crippen LogP) is 4.30. The van der Waals surface area contributed by atoms with Crippen LogP contribution in [0.25, 0.3) is 11.3 Å². The van der Waals surface area contributed by atoms with E-state index in [0.29, 0.717) is 35.1 Å². The van der Waals surface area contributed by atoms with Crippen molar-refractivity contribution >= 4 is 29.3 Å². The molecule has 3 N–H and O–H groups in total. The smallest absolute Gasteiger partial charge is 0.260 e. The van der Waals surface area contributed by atoms with Gasteiger partial charge in [0.15, 0.2) is 0 Å². The monoisotopic (exact) mass is 495 g/mol. The first-order chi connectivity index (χ1) is 17.2. The number of carbonyl (C=O) groups excluding carboxylic acids is 2. The number of nitrogens with zero attached hydrogens (tertiary/aromatic N) is 1. The first kappa shape index (κ1) is 25.9. The lowest BCUT2D eigenvalue weighted by Crippen LogP contribution is -2.38. The first-order valence-corrected chi connectivity index (χ1v) is 12.3. The van der Waals surface area contributed by atoms with Gasteiger partial charge < -0.3 is 20.5 Å². The summed E-state index contributed by atoms with van der Waals surface area (Å²) in [6.07, 6.45) is 2.65. The number of primary amides is 1. The van der Waals surface area contributed by atoms with Crippen molar-refractivity contribution < 1.29 is 23.5 Å². The molecule has 3 aliphatic heterocycles. The van der Waals surface area contributed by atoms with E-state index < -0.39 is 0 Å². The molecule has 2 aromatic rings. The number of rotatable bonds is 4. The zero-order chi connectivity index (χ0) is 25.9. The molecule has 0 spiro atoms. The Bertz CT molecular complexity index is 1170. The zero-order valence-electron chi connectivity index (χ0n) is 21.1. The molecule has 5 rings (SSSR count). The van der Waals surface area contributed by atoms with Crippen molar-refractivity contribution in [3.05, 3.63) is 64.5 Å². The summed E-state index contributed by atoms with van der Waals surface area (Å²) in [6.45, 7) is 10.6.